The molecule has 27 heavy (non-hydrogen) atoms. The number of benzene rings is 2. The SMILES string of the molecule is Cc1cc(C)cc(OC[C@H](O)CSc2nnc(-c3ccc(F)cc3)n2C)c1. The van der Waals surface area contributed by atoms with Crippen molar-refractivity contribution >= 4 is 11.8 Å². The van der Waals surface area contributed by atoms with Crippen molar-refractivity contribution in [3.8, 4) is 17.1 Å². The number of hydrogen-bond acceptors (Lipinski definition) is 5. The Morgan fingerprint density at radius 3 is 2.44 bits per heavy atom. The summed E-state index contributed by atoms with van der Waals surface area (Å²) in [6, 6.07) is 12.1. The first kappa shape index (κ1) is 19.4. The molecule has 1 aromatic heterocycles. The van der Waals surface area contributed by atoms with Gasteiger partial charge in [-0.05, 0) is 61.4 Å². The lowest BCUT2D eigenvalue weighted by Gasteiger charge is -2.13. The van der Waals surface area contributed by atoms with Crippen LogP contribution in [0.1, 0.15) is 11.1 Å². The summed E-state index contributed by atoms with van der Waals surface area (Å²) in [5.41, 5.74) is 3.04. The maximum absolute atomic E-state index is 13.1. The maximum atomic E-state index is 13.1. The van der Waals surface area contributed by atoms with Crippen LogP contribution < -0.4 is 4.74 Å². The third-order valence-corrected chi connectivity index (χ3v) is 5.14. The molecule has 3 rings (SSSR count). The average molecular weight is 387 g/mol. The predicted molar refractivity (Wildman–Crippen MR) is 105 cm³/mol. The van der Waals surface area contributed by atoms with Gasteiger partial charge in [-0.1, -0.05) is 17.8 Å². The van der Waals surface area contributed by atoms with E-state index in [1.165, 1.54) is 23.9 Å². The number of hydrogen-bond donors (Lipinski definition) is 1. The molecule has 0 amide bonds. The highest BCUT2D eigenvalue weighted by Gasteiger charge is 2.14. The number of aryl methyl sites for hydroxylation is 2. The van der Waals surface area contributed by atoms with Gasteiger partial charge in [0.2, 0.25) is 0 Å². The molecule has 7 heteroatoms. The number of rotatable bonds is 7. The van der Waals surface area contributed by atoms with Crippen LogP contribution >= 0.6 is 11.8 Å². The summed E-state index contributed by atoms with van der Waals surface area (Å²) in [4.78, 5) is 0. The van der Waals surface area contributed by atoms with Crippen LogP contribution in [0.25, 0.3) is 11.4 Å². The second-order valence-electron chi connectivity index (χ2n) is 6.47. The largest absolute Gasteiger partial charge is 0.491 e. The summed E-state index contributed by atoms with van der Waals surface area (Å²) in [6.07, 6.45) is -0.637. The standard InChI is InChI=1S/C20H22FN3O2S/c1-13-8-14(2)10-18(9-13)26-11-17(25)12-27-20-23-22-19(24(20)3)15-4-6-16(21)7-5-15/h4-10,17,25H,11-12H2,1-3H3/t17-/m0/s1. The van der Waals surface area contributed by atoms with E-state index in [-0.39, 0.29) is 12.4 Å². The van der Waals surface area contributed by atoms with Crippen LogP contribution in [-0.4, -0.2) is 38.3 Å². The van der Waals surface area contributed by atoms with Crippen molar-refractivity contribution in [2.45, 2.75) is 25.1 Å². The summed E-state index contributed by atoms with van der Waals surface area (Å²) in [5.74, 6) is 1.55. The second kappa shape index (κ2) is 8.54. The first-order valence-electron chi connectivity index (χ1n) is 8.59. The Morgan fingerprint density at radius 2 is 1.78 bits per heavy atom. The van der Waals surface area contributed by atoms with Crippen LogP contribution in [0, 0.1) is 19.7 Å². The molecule has 2 aromatic carbocycles. The molecule has 0 saturated carbocycles. The molecule has 0 aliphatic rings. The molecule has 0 aliphatic carbocycles. The van der Waals surface area contributed by atoms with Crippen molar-refractivity contribution in [3.63, 3.8) is 0 Å². The molecule has 1 N–H and O–H groups in total. The highest BCUT2D eigenvalue weighted by molar-refractivity contribution is 7.99. The van der Waals surface area contributed by atoms with E-state index in [1.807, 2.05) is 37.6 Å². The normalized spacial score (nSPS) is 12.2. The van der Waals surface area contributed by atoms with Gasteiger partial charge in [-0.3, -0.25) is 0 Å². The van der Waals surface area contributed by atoms with Gasteiger partial charge in [-0.2, -0.15) is 0 Å². The van der Waals surface area contributed by atoms with E-state index in [9.17, 15) is 9.50 Å². The Morgan fingerprint density at radius 1 is 1.11 bits per heavy atom. The molecule has 0 aliphatic heterocycles. The van der Waals surface area contributed by atoms with Crippen molar-refractivity contribution in [1.82, 2.24) is 14.8 Å². The van der Waals surface area contributed by atoms with E-state index in [0.717, 1.165) is 22.4 Å². The lowest BCUT2D eigenvalue weighted by molar-refractivity contribution is 0.126. The van der Waals surface area contributed by atoms with E-state index in [0.29, 0.717) is 16.7 Å². The number of aliphatic hydroxyl groups excluding tert-OH is 1. The predicted octanol–water partition coefficient (Wildman–Crippen LogP) is 3.77. The molecule has 0 unspecified atom stereocenters. The van der Waals surface area contributed by atoms with Crippen LogP contribution in [0.15, 0.2) is 47.6 Å². The minimum Gasteiger partial charge on any atom is -0.491 e. The first-order chi connectivity index (χ1) is 12.9. The van der Waals surface area contributed by atoms with Gasteiger partial charge in [0.05, 0.1) is 6.10 Å². The Balaban J connectivity index is 1.56. The number of halogens is 1. The van der Waals surface area contributed by atoms with E-state index < -0.39 is 6.10 Å². The van der Waals surface area contributed by atoms with Gasteiger partial charge in [0, 0.05) is 18.4 Å². The molecular weight excluding hydrogens is 365 g/mol. The fourth-order valence-electron chi connectivity index (χ4n) is 2.72. The van der Waals surface area contributed by atoms with E-state index in [2.05, 4.69) is 16.3 Å². The fourth-order valence-corrected chi connectivity index (χ4v) is 3.53. The zero-order chi connectivity index (χ0) is 19.4. The lowest BCUT2D eigenvalue weighted by Crippen LogP contribution is -2.20. The van der Waals surface area contributed by atoms with Crippen LogP contribution in [0.4, 0.5) is 4.39 Å². The highest BCUT2D eigenvalue weighted by atomic mass is 32.2. The number of ether oxygens (including phenoxy) is 1. The molecule has 1 atom stereocenters. The Hall–Kier alpha value is -2.38. The van der Waals surface area contributed by atoms with Gasteiger partial charge in [0.1, 0.15) is 18.2 Å². The molecule has 0 radical (unpaired) electrons. The van der Waals surface area contributed by atoms with Crippen molar-refractivity contribution < 1.29 is 14.2 Å². The van der Waals surface area contributed by atoms with Crippen LogP contribution in [0.5, 0.6) is 5.75 Å². The zero-order valence-electron chi connectivity index (χ0n) is 15.5. The zero-order valence-corrected chi connectivity index (χ0v) is 16.3. The van der Waals surface area contributed by atoms with Crippen LogP contribution in [0.2, 0.25) is 0 Å². The topological polar surface area (TPSA) is 60.2 Å². The Kier molecular flexibility index (Phi) is 6.13. The molecular formula is C20H22FN3O2S. The van der Waals surface area contributed by atoms with Gasteiger partial charge in [-0.25, -0.2) is 4.39 Å². The molecule has 0 saturated heterocycles. The van der Waals surface area contributed by atoms with Crippen LogP contribution in [-0.2, 0) is 7.05 Å². The van der Waals surface area contributed by atoms with E-state index in [4.69, 9.17) is 4.74 Å². The van der Waals surface area contributed by atoms with Crippen molar-refractivity contribution in [2.24, 2.45) is 7.05 Å². The van der Waals surface area contributed by atoms with Gasteiger partial charge in [-0.15, -0.1) is 10.2 Å². The third kappa shape index (κ3) is 5.08. The fraction of sp³-hybridized carbons (Fsp3) is 0.300. The highest BCUT2D eigenvalue weighted by Crippen LogP contribution is 2.23. The van der Waals surface area contributed by atoms with Gasteiger partial charge in [0.25, 0.3) is 0 Å². The Bertz CT molecular complexity index is 892. The summed E-state index contributed by atoms with van der Waals surface area (Å²) < 4.78 is 20.6. The molecule has 1 heterocycles. The number of aromatic nitrogens is 3. The molecule has 5 nitrogen and oxygen atoms in total. The first-order valence-corrected chi connectivity index (χ1v) is 9.58. The smallest absolute Gasteiger partial charge is 0.191 e. The summed E-state index contributed by atoms with van der Waals surface area (Å²) in [6.45, 7) is 4.23. The maximum Gasteiger partial charge on any atom is 0.191 e. The van der Waals surface area contributed by atoms with Crippen molar-refractivity contribution in [2.75, 3.05) is 12.4 Å². The second-order valence-corrected chi connectivity index (χ2v) is 7.46. The van der Waals surface area contributed by atoms with E-state index in [1.54, 1.807) is 12.1 Å². The minimum absolute atomic E-state index is 0.207. The number of thioether (sulfide) groups is 1. The average Bonchev–Trinajstić information content (AvgIpc) is 2.99. The molecule has 3 aromatic rings. The molecule has 0 fully saturated rings. The summed E-state index contributed by atoms with van der Waals surface area (Å²) >= 11 is 1.40. The molecule has 142 valence electrons. The molecule has 0 bridgehead atoms. The summed E-state index contributed by atoms with van der Waals surface area (Å²) in [7, 11) is 1.85. The summed E-state index contributed by atoms with van der Waals surface area (Å²) in [5, 5.41) is 19.2. The van der Waals surface area contributed by atoms with Gasteiger partial charge >= 0.3 is 0 Å². The van der Waals surface area contributed by atoms with Gasteiger partial charge in [0.15, 0.2) is 11.0 Å². The van der Waals surface area contributed by atoms with E-state index >= 15 is 0 Å². The number of aliphatic hydroxyl groups is 1. The minimum atomic E-state index is -0.637. The van der Waals surface area contributed by atoms with Gasteiger partial charge < -0.3 is 14.4 Å². The lowest BCUT2D eigenvalue weighted by atomic mass is 10.1. The third-order valence-electron chi connectivity index (χ3n) is 3.98. The molecule has 0 spiro atoms. The quantitative estimate of drug-likeness (QED) is 0.626. The van der Waals surface area contributed by atoms with Crippen LogP contribution in [0.3, 0.4) is 0 Å². The monoisotopic (exact) mass is 387 g/mol. The van der Waals surface area contributed by atoms with Crippen molar-refractivity contribution in [3.05, 3.63) is 59.4 Å². The Labute approximate surface area is 162 Å². The van der Waals surface area contributed by atoms with Crippen molar-refractivity contribution in [1.29, 1.82) is 0 Å². The number of nitrogens with zero attached hydrogens (tertiary/aromatic N) is 3.